The SMILES string of the molecule is COc1ccccc1N(C)CCC(=O)c1ccccc1. The molecular formula is C17H19NO2. The monoisotopic (exact) mass is 269 g/mol. The maximum absolute atomic E-state index is 12.1. The van der Waals surface area contributed by atoms with Crippen molar-refractivity contribution < 1.29 is 9.53 Å². The molecule has 2 aromatic rings. The molecule has 0 radical (unpaired) electrons. The third-order valence-electron chi connectivity index (χ3n) is 3.27. The molecular weight excluding hydrogens is 250 g/mol. The van der Waals surface area contributed by atoms with Crippen molar-refractivity contribution in [3.63, 3.8) is 0 Å². The van der Waals surface area contributed by atoms with Gasteiger partial charge in [-0.1, -0.05) is 42.5 Å². The molecule has 0 atom stereocenters. The molecule has 0 saturated carbocycles. The van der Waals surface area contributed by atoms with Gasteiger partial charge in [-0.25, -0.2) is 0 Å². The molecule has 0 N–H and O–H groups in total. The van der Waals surface area contributed by atoms with Crippen LogP contribution in [0.1, 0.15) is 16.8 Å². The first kappa shape index (κ1) is 14.1. The van der Waals surface area contributed by atoms with Crippen molar-refractivity contribution in [2.45, 2.75) is 6.42 Å². The van der Waals surface area contributed by atoms with Gasteiger partial charge in [0.1, 0.15) is 5.75 Å². The van der Waals surface area contributed by atoms with Crippen molar-refractivity contribution >= 4 is 11.5 Å². The third-order valence-corrected chi connectivity index (χ3v) is 3.27. The molecule has 0 aliphatic carbocycles. The zero-order valence-corrected chi connectivity index (χ0v) is 11.9. The van der Waals surface area contributed by atoms with Crippen LogP contribution < -0.4 is 9.64 Å². The number of carbonyl (C=O) groups excluding carboxylic acids is 1. The lowest BCUT2D eigenvalue weighted by molar-refractivity contribution is 0.0985. The van der Waals surface area contributed by atoms with E-state index in [-0.39, 0.29) is 5.78 Å². The number of hydrogen-bond acceptors (Lipinski definition) is 3. The largest absolute Gasteiger partial charge is 0.495 e. The standard InChI is InChI=1S/C17H19NO2/c1-18(15-10-6-7-11-17(15)20-2)13-12-16(19)14-8-4-3-5-9-14/h3-11H,12-13H2,1-2H3. The van der Waals surface area contributed by atoms with Crippen LogP contribution in [0.15, 0.2) is 54.6 Å². The van der Waals surface area contributed by atoms with Gasteiger partial charge >= 0.3 is 0 Å². The quantitative estimate of drug-likeness (QED) is 0.753. The Kier molecular flexibility index (Phi) is 4.77. The summed E-state index contributed by atoms with van der Waals surface area (Å²) in [5, 5.41) is 0. The molecule has 0 unspecified atom stereocenters. The van der Waals surface area contributed by atoms with Crippen LogP contribution in [0.3, 0.4) is 0 Å². The van der Waals surface area contributed by atoms with Gasteiger partial charge < -0.3 is 9.64 Å². The summed E-state index contributed by atoms with van der Waals surface area (Å²) in [6, 6.07) is 17.2. The predicted octanol–water partition coefficient (Wildman–Crippen LogP) is 3.40. The predicted molar refractivity (Wildman–Crippen MR) is 81.7 cm³/mol. The van der Waals surface area contributed by atoms with Gasteiger partial charge in [-0.3, -0.25) is 4.79 Å². The van der Waals surface area contributed by atoms with Crippen LogP contribution in [-0.4, -0.2) is 26.5 Å². The van der Waals surface area contributed by atoms with E-state index in [1.54, 1.807) is 7.11 Å². The first-order chi connectivity index (χ1) is 9.72. The Morgan fingerprint density at radius 1 is 1.05 bits per heavy atom. The molecule has 104 valence electrons. The van der Waals surface area contributed by atoms with Gasteiger partial charge in [0.15, 0.2) is 5.78 Å². The van der Waals surface area contributed by atoms with E-state index in [4.69, 9.17) is 4.74 Å². The fourth-order valence-electron chi connectivity index (χ4n) is 2.10. The van der Waals surface area contributed by atoms with Crippen molar-refractivity contribution in [2.75, 3.05) is 25.6 Å². The number of para-hydroxylation sites is 2. The van der Waals surface area contributed by atoms with Gasteiger partial charge in [0, 0.05) is 25.6 Å². The van der Waals surface area contributed by atoms with Crippen LogP contribution in [-0.2, 0) is 0 Å². The van der Waals surface area contributed by atoms with Crippen LogP contribution in [0.2, 0.25) is 0 Å². The van der Waals surface area contributed by atoms with Crippen LogP contribution in [0, 0.1) is 0 Å². The molecule has 3 heteroatoms. The summed E-state index contributed by atoms with van der Waals surface area (Å²) >= 11 is 0. The Morgan fingerprint density at radius 2 is 1.70 bits per heavy atom. The molecule has 20 heavy (non-hydrogen) atoms. The normalized spacial score (nSPS) is 10.1. The molecule has 0 saturated heterocycles. The zero-order valence-electron chi connectivity index (χ0n) is 11.9. The number of carbonyl (C=O) groups is 1. The van der Waals surface area contributed by atoms with E-state index in [9.17, 15) is 4.79 Å². The fourth-order valence-corrected chi connectivity index (χ4v) is 2.10. The second kappa shape index (κ2) is 6.75. The summed E-state index contributed by atoms with van der Waals surface area (Å²) in [4.78, 5) is 14.1. The minimum absolute atomic E-state index is 0.160. The summed E-state index contributed by atoms with van der Waals surface area (Å²) in [7, 11) is 3.62. The third kappa shape index (κ3) is 3.38. The van der Waals surface area contributed by atoms with Gasteiger partial charge in [-0.2, -0.15) is 0 Å². The molecule has 0 amide bonds. The van der Waals surface area contributed by atoms with Crippen LogP contribution >= 0.6 is 0 Å². The van der Waals surface area contributed by atoms with Crippen LogP contribution in [0.25, 0.3) is 0 Å². The Balaban J connectivity index is 1.99. The Bertz CT molecular complexity index is 566. The van der Waals surface area contributed by atoms with E-state index in [1.807, 2.05) is 66.5 Å². The van der Waals surface area contributed by atoms with Crippen LogP contribution in [0.5, 0.6) is 5.75 Å². The highest BCUT2D eigenvalue weighted by Gasteiger charge is 2.10. The number of rotatable bonds is 6. The van der Waals surface area contributed by atoms with Gasteiger partial charge in [-0.15, -0.1) is 0 Å². The molecule has 0 aliphatic heterocycles. The summed E-state index contributed by atoms with van der Waals surface area (Å²) in [5.41, 5.74) is 1.76. The second-order valence-corrected chi connectivity index (χ2v) is 4.63. The highest BCUT2D eigenvalue weighted by molar-refractivity contribution is 5.96. The van der Waals surface area contributed by atoms with Gasteiger partial charge in [0.05, 0.1) is 12.8 Å². The smallest absolute Gasteiger partial charge is 0.164 e. The molecule has 0 heterocycles. The number of hydrogen-bond donors (Lipinski definition) is 0. The van der Waals surface area contributed by atoms with E-state index in [1.165, 1.54) is 0 Å². The number of benzene rings is 2. The van der Waals surface area contributed by atoms with Crippen LogP contribution in [0.4, 0.5) is 5.69 Å². The Labute approximate surface area is 119 Å². The lowest BCUT2D eigenvalue weighted by atomic mass is 10.1. The van der Waals surface area contributed by atoms with Crippen molar-refractivity contribution in [1.29, 1.82) is 0 Å². The molecule has 3 nitrogen and oxygen atoms in total. The molecule has 0 bridgehead atoms. The minimum Gasteiger partial charge on any atom is -0.495 e. The first-order valence-corrected chi connectivity index (χ1v) is 6.65. The summed E-state index contributed by atoms with van der Waals surface area (Å²) in [5.74, 6) is 0.981. The van der Waals surface area contributed by atoms with E-state index < -0.39 is 0 Å². The zero-order chi connectivity index (χ0) is 14.4. The molecule has 0 aromatic heterocycles. The summed E-state index contributed by atoms with van der Waals surface area (Å²) < 4.78 is 5.33. The number of nitrogens with zero attached hydrogens (tertiary/aromatic N) is 1. The van der Waals surface area contributed by atoms with E-state index in [2.05, 4.69) is 0 Å². The maximum atomic E-state index is 12.1. The minimum atomic E-state index is 0.160. The lowest BCUT2D eigenvalue weighted by Gasteiger charge is -2.21. The second-order valence-electron chi connectivity index (χ2n) is 4.63. The highest BCUT2D eigenvalue weighted by Crippen LogP contribution is 2.26. The lowest BCUT2D eigenvalue weighted by Crippen LogP contribution is -2.21. The summed E-state index contributed by atoms with van der Waals surface area (Å²) in [6.45, 7) is 0.661. The number of Topliss-reactive ketones (excluding diaryl/α,β-unsaturated/α-hetero) is 1. The van der Waals surface area contributed by atoms with Gasteiger partial charge in [0.2, 0.25) is 0 Å². The van der Waals surface area contributed by atoms with Gasteiger partial charge in [-0.05, 0) is 12.1 Å². The van der Waals surface area contributed by atoms with E-state index >= 15 is 0 Å². The highest BCUT2D eigenvalue weighted by atomic mass is 16.5. The number of methoxy groups -OCH3 is 1. The van der Waals surface area contributed by atoms with Crippen molar-refractivity contribution in [3.05, 3.63) is 60.2 Å². The van der Waals surface area contributed by atoms with Crippen molar-refractivity contribution in [2.24, 2.45) is 0 Å². The maximum Gasteiger partial charge on any atom is 0.164 e. The van der Waals surface area contributed by atoms with Crippen molar-refractivity contribution in [3.8, 4) is 5.75 Å². The molecule has 0 aliphatic rings. The number of anilines is 1. The Morgan fingerprint density at radius 3 is 2.40 bits per heavy atom. The fraction of sp³-hybridized carbons (Fsp3) is 0.235. The Hall–Kier alpha value is -2.29. The number of ketones is 1. The van der Waals surface area contributed by atoms with Gasteiger partial charge in [0.25, 0.3) is 0 Å². The first-order valence-electron chi connectivity index (χ1n) is 6.65. The molecule has 0 spiro atoms. The van der Waals surface area contributed by atoms with Crippen molar-refractivity contribution in [1.82, 2.24) is 0 Å². The molecule has 2 rings (SSSR count). The average molecular weight is 269 g/mol. The van der Waals surface area contributed by atoms with E-state index in [0.717, 1.165) is 17.0 Å². The topological polar surface area (TPSA) is 29.5 Å². The molecule has 0 fully saturated rings. The van der Waals surface area contributed by atoms with E-state index in [0.29, 0.717) is 13.0 Å². The molecule has 2 aromatic carbocycles. The number of ether oxygens (including phenoxy) is 1. The average Bonchev–Trinajstić information content (AvgIpc) is 2.53. The summed E-state index contributed by atoms with van der Waals surface area (Å²) in [6.07, 6.45) is 0.485.